The van der Waals surface area contributed by atoms with Gasteiger partial charge in [0.25, 0.3) is 5.09 Å². The monoisotopic (exact) mass is 374 g/mol. The number of hydrogen-bond acceptors (Lipinski definition) is 6. The molecular formula is C15H20Cl2N4O3. The third kappa shape index (κ3) is 4.83. The van der Waals surface area contributed by atoms with Gasteiger partial charge in [-0.3, -0.25) is 4.90 Å². The van der Waals surface area contributed by atoms with E-state index < -0.39 is 5.09 Å². The Kier molecular flexibility index (Phi) is 7.97. The molecule has 0 atom stereocenters. The van der Waals surface area contributed by atoms with E-state index in [2.05, 4.69) is 31.8 Å². The van der Waals surface area contributed by atoms with E-state index in [1.54, 1.807) is 0 Å². The van der Waals surface area contributed by atoms with Crippen LogP contribution in [-0.2, 0) is 4.84 Å². The molecule has 1 aromatic carbocycles. The second kappa shape index (κ2) is 9.46. The minimum absolute atomic E-state index is 0. The quantitative estimate of drug-likeness (QED) is 0.591. The van der Waals surface area contributed by atoms with Gasteiger partial charge in [-0.05, 0) is 11.5 Å². The van der Waals surface area contributed by atoms with Crippen molar-refractivity contribution in [2.45, 2.75) is 0 Å². The van der Waals surface area contributed by atoms with Crippen LogP contribution in [0.3, 0.4) is 0 Å². The van der Waals surface area contributed by atoms with Crippen molar-refractivity contribution in [3.05, 3.63) is 46.6 Å². The maximum atomic E-state index is 10.2. The van der Waals surface area contributed by atoms with Crippen LogP contribution < -0.4 is 4.90 Å². The Morgan fingerprint density at radius 2 is 1.83 bits per heavy atom. The third-order valence-electron chi connectivity index (χ3n) is 3.93. The lowest BCUT2D eigenvalue weighted by Gasteiger charge is -2.35. The topological polar surface area (TPSA) is 71.7 Å². The molecule has 0 aliphatic carbocycles. The van der Waals surface area contributed by atoms with Gasteiger partial charge in [-0.15, -0.1) is 34.9 Å². The number of fused-ring (bicyclic) bond motifs is 1. The summed E-state index contributed by atoms with van der Waals surface area (Å²) in [5.41, 5.74) is 0. The molecule has 0 saturated carbocycles. The van der Waals surface area contributed by atoms with Gasteiger partial charge in [-0.2, -0.15) is 0 Å². The van der Waals surface area contributed by atoms with E-state index in [0.29, 0.717) is 6.54 Å². The highest BCUT2D eigenvalue weighted by Gasteiger charge is 2.19. The Bertz CT molecular complexity index is 661. The summed E-state index contributed by atoms with van der Waals surface area (Å²) in [5.74, 6) is 1.01. The number of piperazine rings is 1. The van der Waals surface area contributed by atoms with Crippen LogP contribution in [0.25, 0.3) is 10.8 Å². The van der Waals surface area contributed by atoms with E-state index in [-0.39, 0.29) is 31.4 Å². The fourth-order valence-corrected chi connectivity index (χ4v) is 2.78. The van der Waals surface area contributed by atoms with Crippen LogP contribution in [0.15, 0.2) is 36.5 Å². The maximum absolute atomic E-state index is 10.2. The third-order valence-corrected chi connectivity index (χ3v) is 3.93. The first-order valence-electron chi connectivity index (χ1n) is 7.32. The summed E-state index contributed by atoms with van der Waals surface area (Å²) >= 11 is 0. The lowest BCUT2D eigenvalue weighted by Crippen LogP contribution is -2.47. The zero-order valence-corrected chi connectivity index (χ0v) is 14.7. The van der Waals surface area contributed by atoms with Crippen molar-refractivity contribution in [2.75, 3.05) is 44.2 Å². The summed E-state index contributed by atoms with van der Waals surface area (Å²) in [6.07, 6.45) is 1.84. The Morgan fingerprint density at radius 1 is 1.12 bits per heavy atom. The fourth-order valence-electron chi connectivity index (χ4n) is 2.78. The van der Waals surface area contributed by atoms with Gasteiger partial charge >= 0.3 is 0 Å². The predicted octanol–water partition coefficient (Wildman–Crippen LogP) is 2.41. The van der Waals surface area contributed by atoms with Gasteiger partial charge in [0.15, 0.2) is 0 Å². The van der Waals surface area contributed by atoms with Crippen LogP contribution in [0.4, 0.5) is 5.82 Å². The molecule has 9 heteroatoms. The van der Waals surface area contributed by atoms with E-state index >= 15 is 0 Å². The van der Waals surface area contributed by atoms with Crippen molar-refractivity contribution in [1.29, 1.82) is 0 Å². The van der Waals surface area contributed by atoms with Crippen LogP contribution >= 0.6 is 24.8 Å². The largest absolute Gasteiger partial charge is 0.354 e. The minimum atomic E-state index is -0.740. The van der Waals surface area contributed by atoms with Crippen molar-refractivity contribution in [3.63, 3.8) is 0 Å². The first kappa shape index (κ1) is 20.2. The molecule has 0 spiro atoms. The highest BCUT2D eigenvalue weighted by Crippen LogP contribution is 2.24. The molecule has 0 amide bonds. The molecule has 2 heterocycles. The highest BCUT2D eigenvalue weighted by atomic mass is 35.5. The molecule has 0 N–H and O–H groups in total. The van der Waals surface area contributed by atoms with Crippen LogP contribution in [0.2, 0.25) is 0 Å². The average Bonchev–Trinajstić information content (AvgIpc) is 2.55. The summed E-state index contributed by atoms with van der Waals surface area (Å²) in [7, 11) is 0. The molecule has 0 radical (unpaired) electrons. The number of pyridine rings is 1. The molecule has 7 nitrogen and oxygen atoms in total. The zero-order chi connectivity index (χ0) is 15.4. The summed E-state index contributed by atoms with van der Waals surface area (Å²) in [5, 5.41) is 11.8. The lowest BCUT2D eigenvalue weighted by atomic mass is 10.1. The molecule has 1 aliphatic rings. The number of aromatic nitrogens is 1. The smallest absolute Gasteiger partial charge is 0.294 e. The van der Waals surface area contributed by atoms with Crippen molar-refractivity contribution in [3.8, 4) is 0 Å². The number of anilines is 1. The lowest BCUT2D eigenvalue weighted by molar-refractivity contribution is -0.757. The summed E-state index contributed by atoms with van der Waals surface area (Å²) in [6, 6.07) is 10.3. The standard InChI is InChI=1S/C15H18N4O3.2ClH/c20-19(21)22-12-11-17-7-9-18(10-8-17)15-14-4-2-1-3-13(14)5-6-16-15;;/h1-6H,7-12H2;2*1H. The molecule has 132 valence electrons. The fraction of sp³-hybridized carbons (Fsp3) is 0.400. The summed E-state index contributed by atoms with van der Waals surface area (Å²) in [6.45, 7) is 4.13. The van der Waals surface area contributed by atoms with Crippen LogP contribution in [-0.4, -0.2) is 54.3 Å². The minimum Gasteiger partial charge on any atom is -0.354 e. The molecular weight excluding hydrogens is 355 g/mol. The van der Waals surface area contributed by atoms with E-state index in [9.17, 15) is 10.1 Å². The molecule has 1 fully saturated rings. The van der Waals surface area contributed by atoms with Crippen molar-refractivity contribution in [2.24, 2.45) is 0 Å². The van der Waals surface area contributed by atoms with Crippen molar-refractivity contribution in [1.82, 2.24) is 9.88 Å². The van der Waals surface area contributed by atoms with E-state index in [1.165, 1.54) is 5.39 Å². The second-order valence-corrected chi connectivity index (χ2v) is 5.24. The maximum Gasteiger partial charge on any atom is 0.294 e. The van der Waals surface area contributed by atoms with Gasteiger partial charge < -0.3 is 9.74 Å². The van der Waals surface area contributed by atoms with Crippen molar-refractivity contribution < 1.29 is 9.92 Å². The number of rotatable bonds is 5. The molecule has 0 bridgehead atoms. The normalized spacial score (nSPS) is 14.6. The average molecular weight is 375 g/mol. The first-order valence-corrected chi connectivity index (χ1v) is 7.32. The van der Waals surface area contributed by atoms with Gasteiger partial charge in [-0.25, -0.2) is 4.98 Å². The number of nitrogens with zero attached hydrogens (tertiary/aromatic N) is 4. The Hall–Kier alpha value is -1.83. The zero-order valence-electron chi connectivity index (χ0n) is 13.0. The Labute approximate surface area is 152 Å². The molecule has 2 aromatic rings. The summed E-state index contributed by atoms with van der Waals surface area (Å²) < 4.78 is 0. The van der Waals surface area contributed by atoms with Gasteiger partial charge in [0.05, 0.1) is 0 Å². The SMILES string of the molecule is Cl.Cl.O=[N+]([O-])OCCN1CCN(c2nccc3ccccc23)CC1. The number of benzene rings is 1. The number of halogens is 2. The van der Waals surface area contributed by atoms with Gasteiger partial charge in [0.2, 0.25) is 0 Å². The molecule has 3 rings (SSSR count). The molecule has 0 unspecified atom stereocenters. The van der Waals surface area contributed by atoms with Crippen LogP contribution in [0, 0.1) is 10.1 Å². The Balaban J connectivity index is 0.00000144. The second-order valence-electron chi connectivity index (χ2n) is 5.24. The summed E-state index contributed by atoms with van der Waals surface area (Å²) in [4.78, 5) is 23.5. The molecule has 24 heavy (non-hydrogen) atoms. The van der Waals surface area contributed by atoms with E-state index in [1.807, 2.05) is 24.4 Å². The number of hydrogen-bond donors (Lipinski definition) is 0. The molecule has 1 aromatic heterocycles. The van der Waals surface area contributed by atoms with Gasteiger partial charge in [0, 0.05) is 44.3 Å². The van der Waals surface area contributed by atoms with Gasteiger partial charge in [0.1, 0.15) is 12.4 Å². The van der Waals surface area contributed by atoms with Crippen molar-refractivity contribution >= 4 is 41.4 Å². The van der Waals surface area contributed by atoms with E-state index in [0.717, 1.165) is 37.4 Å². The van der Waals surface area contributed by atoms with Crippen LogP contribution in [0.1, 0.15) is 0 Å². The predicted molar refractivity (Wildman–Crippen MR) is 97.8 cm³/mol. The van der Waals surface area contributed by atoms with Crippen LogP contribution in [0.5, 0.6) is 0 Å². The highest BCUT2D eigenvalue weighted by molar-refractivity contribution is 5.92. The molecule has 1 aliphatic heterocycles. The Morgan fingerprint density at radius 3 is 2.54 bits per heavy atom. The van der Waals surface area contributed by atoms with E-state index in [4.69, 9.17) is 0 Å². The molecule has 1 saturated heterocycles. The first-order chi connectivity index (χ1) is 10.7. The van der Waals surface area contributed by atoms with Gasteiger partial charge in [-0.1, -0.05) is 24.3 Å².